The first-order valence-electron chi connectivity index (χ1n) is 10.2. The molecule has 0 aliphatic carbocycles. The predicted molar refractivity (Wildman–Crippen MR) is 115 cm³/mol. The third-order valence-electron chi connectivity index (χ3n) is 5.21. The molecule has 6 nitrogen and oxygen atoms in total. The summed E-state index contributed by atoms with van der Waals surface area (Å²) in [6.45, 7) is 5.93. The van der Waals surface area contributed by atoms with Crippen molar-refractivity contribution in [3.05, 3.63) is 54.1 Å². The summed E-state index contributed by atoms with van der Waals surface area (Å²) < 4.78 is 5.79. The topological polar surface area (TPSA) is 67.4 Å². The van der Waals surface area contributed by atoms with E-state index in [0.717, 1.165) is 41.9 Å². The van der Waals surface area contributed by atoms with Crippen LogP contribution in [-0.4, -0.2) is 35.6 Å². The van der Waals surface area contributed by atoms with Gasteiger partial charge in [0.25, 0.3) is 5.88 Å². The number of benzene rings is 2. The molecule has 3 aromatic rings. The first-order valence-corrected chi connectivity index (χ1v) is 10.2. The Labute approximate surface area is 170 Å². The summed E-state index contributed by atoms with van der Waals surface area (Å²) in [5.74, 6) is 1.20. The lowest BCUT2D eigenvalue weighted by Crippen LogP contribution is -2.41. The quantitative estimate of drug-likeness (QED) is 0.707. The number of carbonyl (C=O) groups is 1. The minimum atomic E-state index is -0.104. The molecule has 29 heavy (non-hydrogen) atoms. The Morgan fingerprint density at radius 3 is 2.59 bits per heavy atom. The fourth-order valence-electron chi connectivity index (χ4n) is 3.68. The van der Waals surface area contributed by atoms with Gasteiger partial charge in [-0.3, -0.25) is 4.79 Å². The lowest BCUT2D eigenvalue weighted by molar-refractivity contribution is -0.120. The Hall–Kier alpha value is -3.15. The molecule has 150 valence electrons. The van der Waals surface area contributed by atoms with Crippen molar-refractivity contribution in [3.8, 4) is 5.88 Å². The number of nitrogens with zero attached hydrogens (tertiary/aromatic N) is 3. The van der Waals surface area contributed by atoms with Crippen LogP contribution in [0.15, 0.2) is 48.5 Å². The molecular weight excluding hydrogens is 364 g/mol. The fraction of sp³-hybridized carbons (Fsp3) is 0.348. The van der Waals surface area contributed by atoms with E-state index in [1.807, 2.05) is 62.4 Å². The highest BCUT2D eigenvalue weighted by Gasteiger charge is 2.29. The zero-order chi connectivity index (χ0) is 20.2. The van der Waals surface area contributed by atoms with E-state index in [2.05, 4.69) is 15.2 Å². The molecule has 0 radical (unpaired) electrons. The van der Waals surface area contributed by atoms with Gasteiger partial charge >= 0.3 is 0 Å². The van der Waals surface area contributed by atoms with Crippen LogP contribution in [0.2, 0.25) is 0 Å². The predicted octanol–water partition coefficient (Wildman–Crippen LogP) is 4.19. The number of para-hydroxylation sites is 2. The number of aryl methyl sites for hydroxylation is 1. The Kier molecular flexibility index (Phi) is 5.60. The average molecular weight is 390 g/mol. The molecule has 0 bridgehead atoms. The molecule has 0 spiro atoms. The number of rotatable bonds is 5. The maximum atomic E-state index is 12.8. The zero-order valence-electron chi connectivity index (χ0n) is 16.9. The first-order chi connectivity index (χ1) is 14.1. The molecule has 1 amide bonds. The summed E-state index contributed by atoms with van der Waals surface area (Å²) in [7, 11) is 0. The van der Waals surface area contributed by atoms with Crippen molar-refractivity contribution in [2.24, 2.45) is 5.92 Å². The number of hydrogen-bond acceptors (Lipinski definition) is 5. The Morgan fingerprint density at radius 2 is 1.86 bits per heavy atom. The molecule has 2 aromatic carbocycles. The lowest BCUT2D eigenvalue weighted by atomic mass is 9.97. The number of piperidine rings is 1. The number of fused-ring (bicyclic) bond motifs is 1. The molecule has 1 aliphatic heterocycles. The van der Waals surface area contributed by atoms with Crippen molar-refractivity contribution in [2.45, 2.75) is 26.7 Å². The number of nitrogens with one attached hydrogen (secondary N) is 1. The van der Waals surface area contributed by atoms with Crippen LogP contribution in [0.25, 0.3) is 11.0 Å². The molecule has 2 heterocycles. The van der Waals surface area contributed by atoms with Crippen molar-refractivity contribution in [3.63, 3.8) is 0 Å². The number of carbonyl (C=O) groups excluding carboxylic acids is 1. The van der Waals surface area contributed by atoms with Gasteiger partial charge in [0.2, 0.25) is 5.91 Å². The molecule has 1 aliphatic rings. The summed E-state index contributed by atoms with van der Waals surface area (Å²) in [6, 6.07) is 15.7. The molecule has 0 saturated carbocycles. The summed E-state index contributed by atoms with van der Waals surface area (Å²) in [5, 5.41) is 3.05. The molecule has 1 aromatic heterocycles. The third kappa shape index (κ3) is 4.31. The fourth-order valence-corrected chi connectivity index (χ4v) is 3.68. The zero-order valence-corrected chi connectivity index (χ0v) is 16.9. The summed E-state index contributed by atoms with van der Waals surface area (Å²) >= 11 is 0. The van der Waals surface area contributed by atoms with Crippen LogP contribution in [0.4, 0.5) is 11.5 Å². The van der Waals surface area contributed by atoms with Gasteiger partial charge in [-0.2, -0.15) is 0 Å². The largest absolute Gasteiger partial charge is 0.475 e. The smallest absolute Gasteiger partial charge is 0.258 e. The highest BCUT2D eigenvalue weighted by Crippen LogP contribution is 2.31. The van der Waals surface area contributed by atoms with Crippen molar-refractivity contribution in [1.29, 1.82) is 0 Å². The second-order valence-electron chi connectivity index (χ2n) is 7.41. The van der Waals surface area contributed by atoms with Crippen LogP contribution in [0.3, 0.4) is 0 Å². The van der Waals surface area contributed by atoms with Gasteiger partial charge in [0, 0.05) is 18.8 Å². The van der Waals surface area contributed by atoms with Crippen LogP contribution < -0.4 is 15.0 Å². The van der Waals surface area contributed by atoms with Crippen molar-refractivity contribution in [2.75, 3.05) is 29.9 Å². The van der Waals surface area contributed by atoms with E-state index in [9.17, 15) is 4.79 Å². The summed E-state index contributed by atoms with van der Waals surface area (Å²) in [4.78, 5) is 24.5. The van der Waals surface area contributed by atoms with Gasteiger partial charge in [0.15, 0.2) is 5.82 Å². The number of anilines is 2. The van der Waals surface area contributed by atoms with E-state index >= 15 is 0 Å². The standard InChI is InChI=1S/C23H26N4O2/c1-3-29-23-21(25-19-8-4-5-9-20(19)26-23)27-14-6-7-17(15-27)22(28)24-18-12-10-16(2)11-13-18/h4-5,8-13,17H,3,6-7,14-15H2,1-2H3,(H,24,28)/t17-/m1/s1. The highest BCUT2D eigenvalue weighted by molar-refractivity contribution is 5.93. The normalized spacial score (nSPS) is 16.6. The molecule has 1 atom stereocenters. The Bertz CT molecular complexity index is 1000. The van der Waals surface area contributed by atoms with Crippen LogP contribution >= 0.6 is 0 Å². The van der Waals surface area contributed by atoms with Gasteiger partial charge in [-0.25, -0.2) is 9.97 Å². The second-order valence-corrected chi connectivity index (χ2v) is 7.41. The first kappa shape index (κ1) is 19.2. The van der Waals surface area contributed by atoms with Gasteiger partial charge in [0.05, 0.1) is 23.6 Å². The minimum Gasteiger partial charge on any atom is -0.475 e. The van der Waals surface area contributed by atoms with Gasteiger partial charge in [-0.1, -0.05) is 29.8 Å². The van der Waals surface area contributed by atoms with Crippen molar-refractivity contribution >= 4 is 28.4 Å². The van der Waals surface area contributed by atoms with E-state index < -0.39 is 0 Å². The molecule has 6 heteroatoms. The van der Waals surface area contributed by atoms with Gasteiger partial charge < -0.3 is 15.0 Å². The van der Waals surface area contributed by atoms with E-state index in [0.29, 0.717) is 19.0 Å². The van der Waals surface area contributed by atoms with Crippen LogP contribution in [0.1, 0.15) is 25.3 Å². The van der Waals surface area contributed by atoms with Gasteiger partial charge in [-0.15, -0.1) is 0 Å². The molecule has 1 fully saturated rings. The van der Waals surface area contributed by atoms with E-state index in [1.54, 1.807) is 0 Å². The SMILES string of the molecule is CCOc1nc2ccccc2nc1N1CCC[C@@H](C(=O)Nc2ccc(C)cc2)C1. The van der Waals surface area contributed by atoms with E-state index in [-0.39, 0.29) is 11.8 Å². The minimum absolute atomic E-state index is 0.0465. The number of ether oxygens (including phenoxy) is 1. The van der Waals surface area contributed by atoms with Gasteiger partial charge in [-0.05, 0) is 51.0 Å². The maximum absolute atomic E-state index is 12.8. The monoisotopic (exact) mass is 390 g/mol. The molecule has 0 unspecified atom stereocenters. The molecule has 4 rings (SSSR count). The number of hydrogen-bond donors (Lipinski definition) is 1. The summed E-state index contributed by atoms with van der Waals surface area (Å²) in [6.07, 6.45) is 1.78. The van der Waals surface area contributed by atoms with E-state index in [4.69, 9.17) is 9.72 Å². The van der Waals surface area contributed by atoms with Crippen molar-refractivity contribution < 1.29 is 9.53 Å². The van der Waals surface area contributed by atoms with Crippen LogP contribution in [0.5, 0.6) is 5.88 Å². The number of amides is 1. The Balaban J connectivity index is 1.55. The third-order valence-corrected chi connectivity index (χ3v) is 5.21. The van der Waals surface area contributed by atoms with Crippen molar-refractivity contribution in [1.82, 2.24) is 9.97 Å². The average Bonchev–Trinajstić information content (AvgIpc) is 2.75. The second kappa shape index (κ2) is 8.47. The maximum Gasteiger partial charge on any atom is 0.258 e. The number of aromatic nitrogens is 2. The van der Waals surface area contributed by atoms with Gasteiger partial charge in [0.1, 0.15) is 0 Å². The molecule has 1 saturated heterocycles. The lowest BCUT2D eigenvalue weighted by Gasteiger charge is -2.33. The van der Waals surface area contributed by atoms with Crippen LogP contribution in [0, 0.1) is 12.8 Å². The molecular formula is C23H26N4O2. The molecule has 1 N–H and O–H groups in total. The summed E-state index contributed by atoms with van der Waals surface area (Å²) in [5.41, 5.74) is 3.64. The van der Waals surface area contributed by atoms with Crippen LogP contribution in [-0.2, 0) is 4.79 Å². The Morgan fingerprint density at radius 1 is 1.14 bits per heavy atom. The van der Waals surface area contributed by atoms with E-state index in [1.165, 1.54) is 5.56 Å². The highest BCUT2D eigenvalue weighted by atomic mass is 16.5.